The summed E-state index contributed by atoms with van der Waals surface area (Å²) in [7, 11) is 0. The predicted molar refractivity (Wildman–Crippen MR) is 124 cm³/mol. The molecule has 0 saturated carbocycles. The van der Waals surface area contributed by atoms with E-state index in [1.807, 2.05) is 32.0 Å². The lowest BCUT2D eigenvalue weighted by atomic mass is 9.84. The van der Waals surface area contributed by atoms with E-state index in [9.17, 15) is 9.90 Å². The van der Waals surface area contributed by atoms with Crippen LogP contribution in [0.5, 0.6) is 5.75 Å². The number of carboxylic acid groups (broad SMARTS) is 1. The van der Waals surface area contributed by atoms with Gasteiger partial charge in [-0.3, -0.25) is 4.79 Å². The summed E-state index contributed by atoms with van der Waals surface area (Å²) in [5.74, 6) is 1.41. The summed E-state index contributed by atoms with van der Waals surface area (Å²) in [6.07, 6.45) is 4.08. The fourth-order valence-electron chi connectivity index (χ4n) is 4.69. The van der Waals surface area contributed by atoms with Gasteiger partial charge in [-0.1, -0.05) is 37.1 Å². The molecule has 3 aromatic rings. The molecular formula is C27H31NO4. The highest BCUT2D eigenvalue weighted by Crippen LogP contribution is 2.41. The minimum atomic E-state index is -0.682. The first-order chi connectivity index (χ1) is 15.5. The third-order valence-electron chi connectivity index (χ3n) is 6.44. The van der Waals surface area contributed by atoms with Crippen molar-refractivity contribution in [3.8, 4) is 17.2 Å². The number of hydrogen-bond donors (Lipinski definition) is 1. The third kappa shape index (κ3) is 4.72. The lowest BCUT2D eigenvalue weighted by Gasteiger charge is -2.20. The monoisotopic (exact) mass is 433 g/mol. The molecule has 1 N–H and O–H groups in total. The van der Waals surface area contributed by atoms with Gasteiger partial charge in [-0.15, -0.1) is 0 Å². The SMILES string of the molecule is CCC[C@H](C(=O)O)[C@@H]1CCc2cc(OCCc3nc(-c4ccc(C)cc4)oc3C)ccc21. The van der Waals surface area contributed by atoms with Gasteiger partial charge < -0.3 is 14.3 Å². The molecule has 32 heavy (non-hydrogen) atoms. The lowest BCUT2D eigenvalue weighted by Crippen LogP contribution is -2.20. The number of carboxylic acids is 1. The number of ether oxygens (including phenoxy) is 1. The summed E-state index contributed by atoms with van der Waals surface area (Å²) < 4.78 is 11.9. The number of hydrogen-bond acceptors (Lipinski definition) is 4. The molecule has 4 rings (SSSR count). The zero-order valence-corrected chi connectivity index (χ0v) is 19.1. The Morgan fingerprint density at radius 1 is 1.22 bits per heavy atom. The molecule has 0 amide bonds. The van der Waals surface area contributed by atoms with E-state index in [0.29, 0.717) is 18.9 Å². The number of rotatable bonds is 9. The molecule has 0 unspecified atom stereocenters. The molecule has 5 nitrogen and oxygen atoms in total. The molecule has 5 heteroatoms. The van der Waals surface area contributed by atoms with Crippen LogP contribution in [0.2, 0.25) is 0 Å². The van der Waals surface area contributed by atoms with Gasteiger partial charge in [-0.25, -0.2) is 4.98 Å². The number of aliphatic carboxylic acids is 1. The van der Waals surface area contributed by atoms with E-state index in [2.05, 4.69) is 36.2 Å². The smallest absolute Gasteiger partial charge is 0.307 e. The quantitative estimate of drug-likeness (QED) is 0.441. The maximum Gasteiger partial charge on any atom is 0.307 e. The number of fused-ring (bicyclic) bond motifs is 1. The Labute approximate surface area is 189 Å². The van der Waals surface area contributed by atoms with Crippen molar-refractivity contribution >= 4 is 5.97 Å². The largest absolute Gasteiger partial charge is 0.493 e. The van der Waals surface area contributed by atoms with Crippen molar-refractivity contribution in [2.45, 2.75) is 58.8 Å². The summed E-state index contributed by atoms with van der Waals surface area (Å²) >= 11 is 0. The molecule has 0 fully saturated rings. The molecule has 2 atom stereocenters. The second-order valence-electron chi connectivity index (χ2n) is 8.73. The van der Waals surface area contributed by atoms with Gasteiger partial charge in [-0.2, -0.15) is 0 Å². The van der Waals surface area contributed by atoms with Crippen LogP contribution in [0, 0.1) is 19.8 Å². The summed E-state index contributed by atoms with van der Waals surface area (Å²) in [5, 5.41) is 9.64. The first kappa shape index (κ1) is 22.1. The van der Waals surface area contributed by atoms with Crippen LogP contribution in [0.1, 0.15) is 60.2 Å². The average molecular weight is 434 g/mol. The Morgan fingerprint density at radius 3 is 2.72 bits per heavy atom. The van der Waals surface area contributed by atoms with E-state index in [0.717, 1.165) is 48.5 Å². The van der Waals surface area contributed by atoms with E-state index in [-0.39, 0.29) is 11.8 Å². The second kappa shape index (κ2) is 9.60. The normalized spacial score (nSPS) is 16.0. The number of aryl methyl sites for hydroxylation is 3. The third-order valence-corrected chi connectivity index (χ3v) is 6.44. The fourth-order valence-corrected chi connectivity index (χ4v) is 4.69. The Hall–Kier alpha value is -3.08. The maximum atomic E-state index is 11.7. The molecule has 1 aliphatic carbocycles. The Kier molecular flexibility index (Phi) is 6.63. The first-order valence-electron chi connectivity index (χ1n) is 11.5. The van der Waals surface area contributed by atoms with Crippen molar-refractivity contribution in [1.29, 1.82) is 0 Å². The van der Waals surface area contributed by atoms with Crippen molar-refractivity contribution in [2.75, 3.05) is 6.61 Å². The highest BCUT2D eigenvalue weighted by atomic mass is 16.5. The highest BCUT2D eigenvalue weighted by molar-refractivity contribution is 5.72. The topological polar surface area (TPSA) is 72.6 Å². The maximum absolute atomic E-state index is 11.7. The van der Waals surface area contributed by atoms with Gasteiger partial charge in [0.25, 0.3) is 0 Å². The van der Waals surface area contributed by atoms with E-state index in [1.54, 1.807) is 0 Å². The average Bonchev–Trinajstić information content (AvgIpc) is 3.35. The molecule has 168 valence electrons. The Bertz CT molecular complexity index is 1080. The minimum Gasteiger partial charge on any atom is -0.493 e. The number of benzene rings is 2. The zero-order chi connectivity index (χ0) is 22.7. The van der Waals surface area contributed by atoms with Gasteiger partial charge in [0.1, 0.15) is 11.5 Å². The van der Waals surface area contributed by atoms with Crippen molar-refractivity contribution in [3.63, 3.8) is 0 Å². The molecule has 0 bridgehead atoms. The standard InChI is InChI=1S/C27H31NO4/c1-4-5-24(27(29)30)23-12-10-20-16-21(11-13-22(20)23)31-15-14-25-18(3)32-26(28-25)19-8-6-17(2)7-9-19/h6-9,11,13,16,23-24H,4-5,10,12,14-15H2,1-3H3,(H,29,30)/t23-,24+/m1/s1. The second-order valence-corrected chi connectivity index (χ2v) is 8.73. The van der Waals surface area contributed by atoms with Gasteiger partial charge in [0.05, 0.1) is 18.2 Å². The molecule has 1 aromatic heterocycles. The summed E-state index contributed by atoms with van der Waals surface area (Å²) in [5.41, 5.74) is 5.48. The van der Waals surface area contributed by atoms with Crippen LogP contribution in [-0.2, 0) is 17.6 Å². The predicted octanol–water partition coefficient (Wildman–Crippen LogP) is 6.11. The van der Waals surface area contributed by atoms with Gasteiger partial charge >= 0.3 is 5.97 Å². The van der Waals surface area contributed by atoms with E-state index < -0.39 is 5.97 Å². The van der Waals surface area contributed by atoms with E-state index >= 15 is 0 Å². The van der Waals surface area contributed by atoms with Gasteiger partial charge in [0, 0.05) is 12.0 Å². The highest BCUT2D eigenvalue weighted by Gasteiger charge is 2.33. The van der Waals surface area contributed by atoms with Crippen LogP contribution in [0.3, 0.4) is 0 Å². The summed E-state index contributed by atoms with van der Waals surface area (Å²) in [6.45, 7) is 6.55. The van der Waals surface area contributed by atoms with Crippen LogP contribution in [0.4, 0.5) is 0 Å². The van der Waals surface area contributed by atoms with Gasteiger partial charge in [0.15, 0.2) is 0 Å². The van der Waals surface area contributed by atoms with Crippen LogP contribution < -0.4 is 4.74 Å². The summed E-state index contributed by atoms with van der Waals surface area (Å²) in [4.78, 5) is 16.4. The zero-order valence-electron chi connectivity index (χ0n) is 19.1. The number of aromatic nitrogens is 1. The molecule has 2 aromatic carbocycles. The van der Waals surface area contributed by atoms with E-state index in [4.69, 9.17) is 9.15 Å². The lowest BCUT2D eigenvalue weighted by molar-refractivity contribution is -0.142. The number of carbonyl (C=O) groups is 1. The van der Waals surface area contributed by atoms with Crippen molar-refractivity contribution < 1.29 is 19.1 Å². The Morgan fingerprint density at radius 2 is 2.00 bits per heavy atom. The molecule has 0 aliphatic heterocycles. The van der Waals surface area contributed by atoms with Gasteiger partial charge in [0.2, 0.25) is 5.89 Å². The summed E-state index contributed by atoms with van der Waals surface area (Å²) in [6, 6.07) is 14.3. The molecule has 1 heterocycles. The Balaban J connectivity index is 1.38. The van der Waals surface area contributed by atoms with Crippen molar-refractivity contribution in [3.05, 3.63) is 70.6 Å². The van der Waals surface area contributed by atoms with Crippen LogP contribution in [0.15, 0.2) is 46.9 Å². The van der Waals surface area contributed by atoms with Crippen molar-refractivity contribution in [1.82, 2.24) is 4.98 Å². The van der Waals surface area contributed by atoms with Crippen LogP contribution in [0.25, 0.3) is 11.5 Å². The van der Waals surface area contributed by atoms with Gasteiger partial charge in [-0.05, 0) is 74.4 Å². The van der Waals surface area contributed by atoms with Crippen LogP contribution in [-0.4, -0.2) is 22.7 Å². The van der Waals surface area contributed by atoms with Crippen LogP contribution >= 0.6 is 0 Å². The minimum absolute atomic E-state index is 0.106. The molecule has 0 radical (unpaired) electrons. The molecular weight excluding hydrogens is 402 g/mol. The molecule has 0 spiro atoms. The number of oxazole rings is 1. The number of nitrogens with zero attached hydrogens (tertiary/aromatic N) is 1. The molecule has 1 aliphatic rings. The molecule has 0 saturated heterocycles. The van der Waals surface area contributed by atoms with E-state index in [1.165, 1.54) is 16.7 Å². The fraction of sp³-hybridized carbons (Fsp3) is 0.407. The van der Waals surface area contributed by atoms with Crippen molar-refractivity contribution in [2.24, 2.45) is 5.92 Å². The first-order valence-corrected chi connectivity index (χ1v) is 11.5.